The number of carbonyl (C=O) groups is 1. The fraction of sp³-hybridized carbons (Fsp3) is 0.273. The van der Waals surface area contributed by atoms with Crippen molar-refractivity contribution in [2.24, 2.45) is 0 Å². The van der Waals surface area contributed by atoms with E-state index in [0.29, 0.717) is 22.8 Å². The first-order chi connectivity index (χ1) is 7.63. The minimum Gasteiger partial charge on any atom is -0.492 e. The van der Waals surface area contributed by atoms with Crippen LogP contribution in [0.3, 0.4) is 0 Å². The van der Waals surface area contributed by atoms with Gasteiger partial charge in [0.25, 0.3) is 0 Å². The number of ether oxygens (including phenoxy) is 1. The lowest BCUT2D eigenvalue weighted by atomic mass is 10.2. The van der Waals surface area contributed by atoms with Crippen molar-refractivity contribution in [3.05, 3.63) is 28.8 Å². The Bertz CT molecular complexity index is 426. The van der Waals surface area contributed by atoms with Crippen molar-refractivity contribution in [2.45, 2.75) is 12.8 Å². The number of nitrogens with zero attached hydrogens (tertiary/aromatic N) is 1. The van der Waals surface area contributed by atoms with Crippen LogP contribution in [0.2, 0.25) is 5.02 Å². The smallest absolute Gasteiger partial charge is 0.303 e. The molecule has 1 N–H and O–H groups in total. The second-order valence-corrected chi connectivity index (χ2v) is 3.53. The van der Waals surface area contributed by atoms with E-state index in [0.717, 1.165) is 0 Å². The van der Waals surface area contributed by atoms with Crippen LogP contribution in [-0.2, 0) is 4.79 Å². The molecule has 1 aromatic carbocycles. The summed E-state index contributed by atoms with van der Waals surface area (Å²) in [5, 5.41) is 17.7. The van der Waals surface area contributed by atoms with Gasteiger partial charge in [-0.05, 0) is 18.6 Å². The largest absolute Gasteiger partial charge is 0.492 e. The lowest BCUT2D eigenvalue weighted by Crippen LogP contribution is -2.03. The average Bonchev–Trinajstić information content (AvgIpc) is 2.24. The standard InChI is InChI=1S/C11H10ClNO3/c12-9-4-3-8(7-13)10(6-9)16-5-1-2-11(14)15/h3-4,6H,1-2,5H2,(H,14,15). The molecule has 0 unspecified atom stereocenters. The number of nitriles is 1. The molecule has 0 saturated carbocycles. The molecule has 16 heavy (non-hydrogen) atoms. The molecular weight excluding hydrogens is 230 g/mol. The molecule has 4 nitrogen and oxygen atoms in total. The van der Waals surface area contributed by atoms with E-state index >= 15 is 0 Å². The minimum absolute atomic E-state index is 0.0441. The van der Waals surface area contributed by atoms with E-state index in [9.17, 15) is 4.79 Å². The van der Waals surface area contributed by atoms with E-state index in [-0.39, 0.29) is 13.0 Å². The molecular formula is C11H10ClNO3. The van der Waals surface area contributed by atoms with E-state index in [4.69, 9.17) is 26.7 Å². The normalized spacial score (nSPS) is 9.50. The second-order valence-electron chi connectivity index (χ2n) is 3.10. The topological polar surface area (TPSA) is 70.3 Å². The van der Waals surface area contributed by atoms with Crippen molar-refractivity contribution in [3.63, 3.8) is 0 Å². The zero-order valence-electron chi connectivity index (χ0n) is 8.44. The van der Waals surface area contributed by atoms with Crippen molar-refractivity contribution in [2.75, 3.05) is 6.61 Å². The van der Waals surface area contributed by atoms with Crippen LogP contribution in [0.25, 0.3) is 0 Å². The number of carboxylic acids is 1. The molecule has 5 heteroatoms. The quantitative estimate of drug-likeness (QED) is 0.802. The van der Waals surface area contributed by atoms with Gasteiger partial charge in [-0.25, -0.2) is 0 Å². The van der Waals surface area contributed by atoms with Gasteiger partial charge in [0.2, 0.25) is 0 Å². The van der Waals surface area contributed by atoms with Gasteiger partial charge in [-0.15, -0.1) is 0 Å². The Labute approximate surface area is 98.0 Å². The molecule has 0 aliphatic rings. The summed E-state index contributed by atoms with van der Waals surface area (Å²) >= 11 is 5.75. The SMILES string of the molecule is N#Cc1ccc(Cl)cc1OCCCC(=O)O. The van der Waals surface area contributed by atoms with E-state index in [2.05, 4.69) is 0 Å². The van der Waals surface area contributed by atoms with Gasteiger partial charge in [-0.1, -0.05) is 11.6 Å². The number of hydrogen-bond donors (Lipinski definition) is 1. The highest BCUT2D eigenvalue weighted by Gasteiger charge is 2.04. The first kappa shape index (κ1) is 12.3. The molecule has 0 radical (unpaired) electrons. The molecule has 84 valence electrons. The van der Waals surface area contributed by atoms with Crippen LogP contribution in [0.15, 0.2) is 18.2 Å². The third-order valence-corrected chi connectivity index (χ3v) is 2.09. The Morgan fingerprint density at radius 3 is 2.94 bits per heavy atom. The third kappa shape index (κ3) is 3.79. The predicted octanol–water partition coefficient (Wildman–Crippen LogP) is 2.46. The van der Waals surface area contributed by atoms with Crippen LogP contribution in [-0.4, -0.2) is 17.7 Å². The lowest BCUT2D eigenvalue weighted by Gasteiger charge is -2.07. The van der Waals surface area contributed by atoms with Gasteiger partial charge in [-0.3, -0.25) is 4.79 Å². The molecule has 0 fully saturated rings. The summed E-state index contributed by atoms with van der Waals surface area (Å²) in [6.45, 7) is 0.251. The van der Waals surface area contributed by atoms with Gasteiger partial charge in [-0.2, -0.15) is 5.26 Å². The molecule has 0 saturated heterocycles. The summed E-state index contributed by atoms with van der Waals surface area (Å²) < 4.78 is 5.29. The van der Waals surface area contributed by atoms with Crippen LogP contribution in [0, 0.1) is 11.3 Å². The highest BCUT2D eigenvalue weighted by molar-refractivity contribution is 6.30. The van der Waals surface area contributed by atoms with E-state index < -0.39 is 5.97 Å². The Hall–Kier alpha value is -1.73. The molecule has 0 bridgehead atoms. The molecule has 0 aliphatic carbocycles. The van der Waals surface area contributed by atoms with Gasteiger partial charge in [0.05, 0.1) is 12.2 Å². The van der Waals surface area contributed by atoms with Crippen LogP contribution in [0.4, 0.5) is 0 Å². The summed E-state index contributed by atoms with van der Waals surface area (Å²) in [4.78, 5) is 10.3. The Morgan fingerprint density at radius 2 is 2.31 bits per heavy atom. The maximum absolute atomic E-state index is 10.3. The summed E-state index contributed by atoms with van der Waals surface area (Å²) in [5.41, 5.74) is 0.389. The molecule has 1 aromatic rings. The fourth-order valence-electron chi connectivity index (χ4n) is 1.11. The van der Waals surface area contributed by atoms with Crippen LogP contribution in [0.5, 0.6) is 5.75 Å². The van der Waals surface area contributed by atoms with Crippen molar-refractivity contribution in [3.8, 4) is 11.8 Å². The van der Waals surface area contributed by atoms with Crippen molar-refractivity contribution in [1.82, 2.24) is 0 Å². The van der Waals surface area contributed by atoms with Gasteiger partial charge >= 0.3 is 5.97 Å². The summed E-state index contributed by atoms with van der Waals surface area (Å²) in [6, 6.07) is 6.68. The maximum atomic E-state index is 10.3. The van der Waals surface area contributed by atoms with Crippen molar-refractivity contribution >= 4 is 17.6 Å². The van der Waals surface area contributed by atoms with Crippen LogP contribution < -0.4 is 4.74 Å². The monoisotopic (exact) mass is 239 g/mol. The van der Waals surface area contributed by atoms with Gasteiger partial charge in [0, 0.05) is 17.5 Å². The Morgan fingerprint density at radius 1 is 1.56 bits per heavy atom. The summed E-state index contributed by atoms with van der Waals surface area (Å²) in [5.74, 6) is -0.476. The fourth-order valence-corrected chi connectivity index (χ4v) is 1.28. The molecule has 0 amide bonds. The number of carboxylic acid groups (broad SMARTS) is 1. The van der Waals surface area contributed by atoms with Crippen LogP contribution >= 0.6 is 11.6 Å². The molecule has 0 aliphatic heterocycles. The third-order valence-electron chi connectivity index (χ3n) is 1.86. The molecule has 1 rings (SSSR count). The maximum Gasteiger partial charge on any atom is 0.303 e. The first-order valence-electron chi connectivity index (χ1n) is 4.67. The van der Waals surface area contributed by atoms with E-state index in [1.165, 1.54) is 0 Å². The number of benzene rings is 1. The number of rotatable bonds is 5. The lowest BCUT2D eigenvalue weighted by molar-refractivity contribution is -0.137. The molecule has 0 spiro atoms. The summed E-state index contributed by atoms with van der Waals surface area (Å²) in [7, 11) is 0. The van der Waals surface area contributed by atoms with E-state index in [1.54, 1.807) is 18.2 Å². The Kier molecular flexibility index (Phi) is 4.62. The van der Waals surface area contributed by atoms with Gasteiger partial charge < -0.3 is 9.84 Å². The molecule has 0 heterocycles. The number of halogens is 1. The van der Waals surface area contributed by atoms with Crippen LogP contribution in [0.1, 0.15) is 18.4 Å². The summed E-state index contributed by atoms with van der Waals surface area (Å²) in [6.07, 6.45) is 0.440. The van der Waals surface area contributed by atoms with E-state index in [1.807, 2.05) is 6.07 Å². The zero-order valence-corrected chi connectivity index (χ0v) is 9.20. The predicted molar refractivity (Wildman–Crippen MR) is 58.5 cm³/mol. The van der Waals surface area contributed by atoms with Gasteiger partial charge in [0.1, 0.15) is 11.8 Å². The Balaban J connectivity index is 2.56. The number of aliphatic carboxylic acids is 1. The molecule has 0 aromatic heterocycles. The van der Waals surface area contributed by atoms with Gasteiger partial charge in [0.15, 0.2) is 0 Å². The first-order valence-corrected chi connectivity index (χ1v) is 5.05. The highest BCUT2D eigenvalue weighted by Crippen LogP contribution is 2.22. The van der Waals surface area contributed by atoms with Crippen molar-refractivity contribution in [1.29, 1.82) is 5.26 Å². The number of hydrogen-bond acceptors (Lipinski definition) is 3. The zero-order chi connectivity index (χ0) is 12.0. The second kappa shape index (κ2) is 5.99. The van der Waals surface area contributed by atoms with Crippen molar-refractivity contribution < 1.29 is 14.6 Å². The highest BCUT2D eigenvalue weighted by atomic mass is 35.5. The molecule has 0 atom stereocenters. The minimum atomic E-state index is -0.866. The average molecular weight is 240 g/mol.